The second-order valence-corrected chi connectivity index (χ2v) is 5.38. The van der Waals surface area contributed by atoms with Crippen molar-refractivity contribution in [2.75, 3.05) is 23.6 Å². The first-order chi connectivity index (χ1) is 9.65. The van der Waals surface area contributed by atoms with Crippen LogP contribution in [0.2, 0.25) is 0 Å². The van der Waals surface area contributed by atoms with Gasteiger partial charge in [-0.05, 0) is 24.3 Å². The number of thioether (sulfide) groups is 1. The van der Waals surface area contributed by atoms with E-state index in [9.17, 15) is 9.59 Å². The number of ether oxygens (including phenoxy) is 1. The molecule has 0 aliphatic carbocycles. The predicted octanol–water partition coefficient (Wildman–Crippen LogP) is 0.964. The van der Waals surface area contributed by atoms with Gasteiger partial charge in [0.25, 0.3) is 0 Å². The number of hydrogen-bond acceptors (Lipinski definition) is 5. The molecule has 2 amide bonds. The molecule has 2 rings (SSSR count). The van der Waals surface area contributed by atoms with E-state index in [0.29, 0.717) is 5.75 Å². The molecule has 1 saturated heterocycles. The van der Waals surface area contributed by atoms with Crippen LogP contribution in [0, 0.1) is 0 Å². The Hall–Kier alpha value is -1.44. The van der Waals surface area contributed by atoms with Gasteiger partial charge in [-0.15, -0.1) is 24.2 Å². The Kier molecular flexibility index (Phi) is 7.35. The quantitative estimate of drug-likeness (QED) is 0.722. The number of anilines is 1. The molecular weight excluding hydrogens is 314 g/mol. The Balaban J connectivity index is 0.00000220. The van der Waals surface area contributed by atoms with E-state index in [-0.39, 0.29) is 37.4 Å². The average molecular weight is 332 g/mol. The van der Waals surface area contributed by atoms with Crippen molar-refractivity contribution < 1.29 is 14.3 Å². The molecule has 1 heterocycles. The summed E-state index contributed by atoms with van der Waals surface area (Å²) >= 11 is 1.71. The minimum Gasteiger partial charge on any atom is -0.493 e. The number of rotatable bonds is 6. The molecule has 0 bridgehead atoms. The van der Waals surface area contributed by atoms with Gasteiger partial charge in [0.1, 0.15) is 5.75 Å². The first kappa shape index (κ1) is 17.6. The third kappa shape index (κ3) is 5.82. The highest BCUT2D eigenvalue weighted by atomic mass is 35.5. The maximum absolute atomic E-state index is 11.9. The van der Waals surface area contributed by atoms with Gasteiger partial charge >= 0.3 is 0 Å². The fourth-order valence-electron chi connectivity index (χ4n) is 1.70. The van der Waals surface area contributed by atoms with Crippen molar-refractivity contribution in [3.63, 3.8) is 0 Å². The summed E-state index contributed by atoms with van der Waals surface area (Å²) in [5, 5.41) is 5.95. The van der Waals surface area contributed by atoms with Crippen molar-refractivity contribution >= 4 is 41.7 Å². The number of carbonyl (C=O) groups excluding carboxylic acids is 2. The second kappa shape index (κ2) is 8.76. The molecule has 1 aliphatic heterocycles. The van der Waals surface area contributed by atoms with Gasteiger partial charge in [-0.3, -0.25) is 14.9 Å². The van der Waals surface area contributed by atoms with Crippen LogP contribution in [-0.2, 0) is 9.59 Å². The maximum Gasteiger partial charge on any atom is 0.242 e. The molecule has 0 aromatic heterocycles. The van der Waals surface area contributed by atoms with Gasteiger partial charge in [-0.2, -0.15) is 0 Å². The van der Waals surface area contributed by atoms with Gasteiger partial charge in [0.15, 0.2) is 0 Å². The summed E-state index contributed by atoms with van der Waals surface area (Å²) in [5.41, 5.74) is 5.74. The summed E-state index contributed by atoms with van der Waals surface area (Å²) in [6, 6.07) is 6.88. The van der Waals surface area contributed by atoms with E-state index in [0.717, 1.165) is 17.3 Å². The zero-order chi connectivity index (χ0) is 14.4. The highest BCUT2D eigenvalue weighted by molar-refractivity contribution is 7.99. The molecular formula is C13H18ClN3O3S. The van der Waals surface area contributed by atoms with Crippen LogP contribution in [0.5, 0.6) is 5.75 Å². The third-order valence-electron chi connectivity index (χ3n) is 2.77. The van der Waals surface area contributed by atoms with Crippen LogP contribution in [0.4, 0.5) is 5.69 Å². The standard InChI is InChI=1S/C13H17N3O3S.ClH/c14-12(17)5-6-19-10-3-1-9(2-4-10)16-13(18)11-7-20-8-15-11;/h1-4,11,15H,5-8H2,(H2,14,17)(H,16,18);1H. The van der Waals surface area contributed by atoms with E-state index in [2.05, 4.69) is 10.6 Å². The number of amides is 2. The minimum absolute atomic E-state index is 0. The molecule has 1 aromatic carbocycles. The van der Waals surface area contributed by atoms with Crippen LogP contribution in [0.1, 0.15) is 6.42 Å². The van der Waals surface area contributed by atoms with Gasteiger partial charge in [0, 0.05) is 17.3 Å². The maximum atomic E-state index is 11.9. The van der Waals surface area contributed by atoms with Crippen molar-refractivity contribution in [2.24, 2.45) is 5.73 Å². The summed E-state index contributed by atoms with van der Waals surface area (Å²) < 4.78 is 5.35. The Morgan fingerprint density at radius 2 is 2.10 bits per heavy atom. The van der Waals surface area contributed by atoms with E-state index >= 15 is 0 Å². The molecule has 1 fully saturated rings. The molecule has 6 nitrogen and oxygen atoms in total. The first-order valence-corrected chi connectivity index (χ1v) is 7.44. The SMILES string of the molecule is Cl.NC(=O)CCOc1ccc(NC(=O)C2CSCN2)cc1. The molecule has 1 unspecified atom stereocenters. The lowest BCUT2D eigenvalue weighted by Gasteiger charge is -2.11. The summed E-state index contributed by atoms with van der Waals surface area (Å²) in [7, 11) is 0. The van der Waals surface area contributed by atoms with E-state index in [1.165, 1.54) is 0 Å². The average Bonchev–Trinajstić information content (AvgIpc) is 2.94. The van der Waals surface area contributed by atoms with Crippen LogP contribution in [-0.4, -0.2) is 36.1 Å². The van der Waals surface area contributed by atoms with Crippen molar-refractivity contribution in [3.05, 3.63) is 24.3 Å². The fourth-order valence-corrected chi connectivity index (χ4v) is 2.64. The van der Waals surface area contributed by atoms with Gasteiger partial charge in [-0.1, -0.05) is 0 Å². The summed E-state index contributed by atoms with van der Waals surface area (Å²) in [4.78, 5) is 22.5. The zero-order valence-electron chi connectivity index (χ0n) is 11.3. The number of carbonyl (C=O) groups is 2. The molecule has 0 spiro atoms. The number of benzene rings is 1. The van der Waals surface area contributed by atoms with E-state index in [1.807, 2.05) is 0 Å². The van der Waals surface area contributed by atoms with Crippen molar-refractivity contribution in [1.82, 2.24) is 5.32 Å². The molecule has 8 heteroatoms. The Morgan fingerprint density at radius 1 is 1.38 bits per heavy atom. The van der Waals surface area contributed by atoms with Crippen molar-refractivity contribution in [2.45, 2.75) is 12.5 Å². The van der Waals surface area contributed by atoms with Gasteiger partial charge < -0.3 is 15.8 Å². The number of nitrogens with one attached hydrogen (secondary N) is 2. The molecule has 1 aliphatic rings. The number of nitrogens with two attached hydrogens (primary N) is 1. The molecule has 116 valence electrons. The topological polar surface area (TPSA) is 93.5 Å². The molecule has 21 heavy (non-hydrogen) atoms. The highest BCUT2D eigenvalue weighted by Gasteiger charge is 2.22. The lowest BCUT2D eigenvalue weighted by atomic mass is 10.2. The van der Waals surface area contributed by atoms with E-state index in [1.54, 1.807) is 36.0 Å². The monoisotopic (exact) mass is 331 g/mol. The molecule has 4 N–H and O–H groups in total. The zero-order valence-corrected chi connectivity index (χ0v) is 13.0. The van der Waals surface area contributed by atoms with Gasteiger partial charge in [0.2, 0.25) is 11.8 Å². The van der Waals surface area contributed by atoms with Crippen molar-refractivity contribution in [3.8, 4) is 5.75 Å². The van der Waals surface area contributed by atoms with E-state index < -0.39 is 5.91 Å². The molecule has 1 atom stereocenters. The summed E-state index contributed by atoms with van der Waals surface area (Å²) in [6.45, 7) is 0.254. The fraction of sp³-hybridized carbons (Fsp3) is 0.385. The third-order valence-corrected chi connectivity index (χ3v) is 3.71. The van der Waals surface area contributed by atoms with Gasteiger partial charge in [0.05, 0.1) is 19.1 Å². The normalized spacial score (nSPS) is 16.9. The summed E-state index contributed by atoms with van der Waals surface area (Å²) in [5.74, 6) is 1.82. The van der Waals surface area contributed by atoms with Crippen LogP contribution < -0.4 is 21.1 Å². The Labute approximate surface area is 133 Å². The molecule has 0 radical (unpaired) electrons. The van der Waals surface area contributed by atoms with E-state index in [4.69, 9.17) is 10.5 Å². The van der Waals surface area contributed by atoms with Crippen LogP contribution in [0.3, 0.4) is 0 Å². The van der Waals surface area contributed by atoms with Gasteiger partial charge in [-0.25, -0.2) is 0 Å². The Morgan fingerprint density at radius 3 is 2.67 bits per heavy atom. The van der Waals surface area contributed by atoms with Crippen molar-refractivity contribution in [1.29, 1.82) is 0 Å². The predicted molar refractivity (Wildman–Crippen MR) is 85.9 cm³/mol. The summed E-state index contributed by atoms with van der Waals surface area (Å²) in [6.07, 6.45) is 0.184. The van der Waals surface area contributed by atoms with Crippen LogP contribution in [0.25, 0.3) is 0 Å². The number of halogens is 1. The second-order valence-electron chi connectivity index (χ2n) is 4.35. The molecule has 0 saturated carbocycles. The van der Waals surface area contributed by atoms with Crippen LogP contribution in [0.15, 0.2) is 24.3 Å². The highest BCUT2D eigenvalue weighted by Crippen LogP contribution is 2.17. The first-order valence-electron chi connectivity index (χ1n) is 6.28. The number of hydrogen-bond donors (Lipinski definition) is 3. The Bertz CT molecular complexity index is 478. The smallest absolute Gasteiger partial charge is 0.242 e. The number of primary amides is 1. The largest absolute Gasteiger partial charge is 0.493 e. The minimum atomic E-state index is -0.393. The lowest BCUT2D eigenvalue weighted by Crippen LogP contribution is -2.37. The van der Waals surface area contributed by atoms with Crippen LogP contribution >= 0.6 is 24.2 Å². The lowest BCUT2D eigenvalue weighted by molar-refractivity contribution is -0.118. The molecule has 1 aromatic rings.